The van der Waals surface area contributed by atoms with Gasteiger partial charge < -0.3 is 9.84 Å². The molecule has 8 heteroatoms. The Morgan fingerprint density at radius 1 is 1.43 bits per heavy atom. The molecule has 0 aromatic heterocycles. The lowest BCUT2D eigenvalue weighted by Crippen LogP contribution is -2.44. The molecule has 2 rings (SSSR count). The maximum Gasteiger partial charge on any atom is 0.307 e. The molecule has 2 N–H and O–H groups in total. The molecule has 1 atom stereocenters. The van der Waals surface area contributed by atoms with Crippen molar-refractivity contribution in [3.8, 4) is 5.75 Å². The zero-order valence-electron chi connectivity index (χ0n) is 11.7. The van der Waals surface area contributed by atoms with Crippen LogP contribution in [-0.2, 0) is 15.0 Å². The van der Waals surface area contributed by atoms with E-state index in [0.717, 1.165) is 0 Å². The number of anilines is 1. The Morgan fingerprint density at radius 3 is 2.81 bits per heavy atom. The maximum atomic E-state index is 12.4. The first-order valence-corrected chi connectivity index (χ1v) is 8.02. The predicted molar refractivity (Wildman–Crippen MR) is 77.5 cm³/mol. The van der Waals surface area contributed by atoms with E-state index in [1.807, 2.05) is 0 Å². The van der Waals surface area contributed by atoms with Crippen LogP contribution >= 0.6 is 0 Å². The molecule has 0 saturated carbocycles. The van der Waals surface area contributed by atoms with Crippen molar-refractivity contribution >= 4 is 21.9 Å². The fourth-order valence-corrected chi connectivity index (χ4v) is 3.62. The van der Waals surface area contributed by atoms with Crippen LogP contribution in [-0.4, -0.2) is 44.0 Å². The van der Waals surface area contributed by atoms with Crippen molar-refractivity contribution in [1.82, 2.24) is 4.31 Å². The Kier molecular flexibility index (Phi) is 4.69. The van der Waals surface area contributed by atoms with Crippen LogP contribution in [0.1, 0.15) is 12.8 Å². The monoisotopic (exact) mass is 314 g/mol. The van der Waals surface area contributed by atoms with E-state index in [1.54, 1.807) is 24.3 Å². The first kappa shape index (κ1) is 15.6. The van der Waals surface area contributed by atoms with Gasteiger partial charge in [-0.15, -0.1) is 0 Å². The molecule has 0 aliphatic carbocycles. The Morgan fingerprint density at radius 2 is 2.14 bits per heavy atom. The third kappa shape index (κ3) is 3.64. The highest BCUT2D eigenvalue weighted by Gasteiger charge is 2.32. The molecule has 0 spiro atoms. The SMILES string of the molecule is COc1ccccc1NS(=O)(=O)N1CCCC(C(=O)O)C1. The lowest BCUT2D eigenvalue weighted by Gasteiger charge is -2.30. The highest BCUT2D eigenvalue weighted by atomic mass is 32.2. The summed E-state index contributed by atoms with van der Waals surface area (Å²) < 4.78 is 33.4. The lowest BCUT2D eigenvalue weighted by atomic mass is 10.0. The van der Waals surface area contributed by atoms with Crippen molar-refractivity contribution in [2.45, 2.75) is 12.8 Å². The molecule has 0 radical (unpaired) electrons. The number of carboxylic acid groups (broad SMARTS) is 1. The first-order chi connectivity index (χ1) is 9.94. The molecule has 1 saturated heterocycles. The summed E-state index contributed by atoms with van der Waals surface area (Å²) in [7, 11) is -2.34. The van der Waals surface area contributed by atoms with Crippen LogP contribution in [0, 0.1) is 5.92 Å². The number of carboxylic acids is 1. The third-order valence-corrected chi connectivity index (χ3v) is 4.91. The highest BCUT2D eigenvalue weighted by Crippen LogP contribution is 2.26. The fourth-order valence-electron chi connectivity index (χ4n) is 2.29. The number of nitrogens with one attached hydrogen (secondary N) is 1. The lowest BCUT2D eigenvalue weighted by molar-refractivity contribution is -0.142. The van der Waals surface area contributed by atoms with Crippen LogP contribution in [0.15, 0.2) is 24.3 Å². The van der Waals surface area contributed by atoms with E-state index in [1.165, 1.54) is 11.4 Å². The quantitative estimate of drug-likeness (QED) is 0.850. The minimum Gasteiger partial charge on any atom is -0.495 e. The Bertz CT molecular complexity index is 617. The molecule has 1 aromatic rings. The largest absolute Gasteiger partial charge is 0.495 e. The molecule has 1 heterocycles. The molecule has 21 heavy (non-hydrogen) atoms. The van der Waals surface area contributed by atoms with Crippen LogP contribution < -0.4 is 9.46 Å². The molecular formula is C13H18N2O5S. The van der Waals surface area contributed by atoms with Gasteiger partial charge in [-0.05, 0) is 25.0 Å². The molecule has 1 unspecified atom stereocenters. The average molecular weight is 314 g/mol. The predicted octanol–water partition coefficient (Wildman–Crippen LogP) is 1.15. The summed E-state index contributed by atoms with van der Waals surface area (Å²) >= 11 is 0. The number of carbonyl (C=O) groups is 1. The standard InChI is InChI=1S/C13H18N2O5S/c1-20-12-7-3-2-6-11(12)14-21(18,19)15-8-4-5-10(9-15)13(16)17/h2-3,6-7,10,14H,4-5,8-9H2,1H3,(H,16,17). The summed E-state index contributed by atoms with van der Waals surface area (Å²) in [5.41, 5.74) is 0.331. The van der Waals surface area contributed by atoms with Crippen LogP contribution in [0.2, 0.25) is 0 Å². The van der Waals surface area contributed by atoms with Crippen LogP contribution in [0.5, 0.6) is 5.75 Å². The van der Waals surface area contributed by atoms with Gasteiger partial charge in [-0.25, -0.2) is 0 Å². The minimum atomic E-state index is -3.80. The maximum absolute atomic E-state index is 12.4. The summed E-state index contributed by atoms with van der Waals surface area (Å²) in [6.07, 6.45) is 1.03. The molecule has 1 fully saturated rings. The van der Waals surface area contributed by atoms with Gasteiger partial charge in [0.25, 0.3) is 0 Å². The average Bonchev–Trinajstić information content (AvgIpc) is 2.47. The van der Waals surface area contributed by atoms with Gasteiger partial charge in [-0.1, -0.05) is 12.1 Å². The van der Waals surface area contributed by atoms with Gasteiger partial charge in [-0.2, -0.15) is 12.7 Å². The van der Waals surface area contributed by atoms with Gasteiger partial charge in [0.2, 0.25) is 0 Å². The van der Waals surface area contributed by atoms with E-state index in [0.29, 0.717) is 30.8 Å². The van der Waals surface area contributed by atoms with Crippen LogP contribution in [0.3, 0.4) is 0 Å². The van der Waals surface area contributed by atoms with E-state index in [-0.39, 0.29) is 6.54 Å². The molecule has 1 aromatic carbocycles. The zero-order chi connectivity index (χ0) is 15.5. The number of hydrogen-bond acceptors (Lipinski definition) is 4. The van der Waals surface area contributed by atoms with Crippen molar-refractivity contribution in [1.29, 1.82) is 0 Å². The van der Waals surface area contributed by atoms with E-state index < -0.39 is 22.1 Å². The Hall–Kier alpha value is -1.80. The van der Waals surface area contributed by atoms with Crippen molar-refractivity contribution in [2.75, 3.05) is 24.9 Å². The van der Waals surface area contributed by atoms with Gasteiger partial charge >= 0.3 is 16.2 Å². The van der Waals surface area contributed by atoms with Crippen LogP contribution in [0.4, 0.5) is 5.69 Å². The summed E-state index contributed by atoms with van der Waals surface area (Å²) in [6, 6.07) is 6.66. The summed E-state index contributed by atoms with van der Waals surface area (Å²) in [4.78, 5) is 11.0. The molecular weight excluding hydrogens is 296 g/mol. The second-order valence-corrected chi connectivity index (χ2v) is 6.51. The number of aliphatic carboxylic acids is 1. The molecule has 0 amide bonds. The molecule has 1 aliphatic rings. The molecule has 116 valence electrons. The summed E-state index contributed by atoms with van der Waals surface area (Å²) in [5.74, 6) is -1.21. The molecule has 7 nitrogen and oxygen atoms in total. The van der Waals surface area contributed by atoms with E-state index >= 15 is 0 Å². The third-order valence-electron chi connectivity index (χ3n) is 3.42. The van der Waals surface area contributed by atoms with Crippen LogP contribution in [0.25, 0.3) is 0 Å². The number of nitrogens with zero attached hydrogens (tertiary/aromatic N) is 1. The van der Waals surface area contributed by atoms with E-state index in [4.69, 9.17) is 9.84 Å². The van der Waals surface area contributed by atoms with Crippen molar-refractivity contribution < 1.29 is 23.1 Å². The Balaban J connectivity index is 2.16. The van der Waals surface area contributed by atoms with E-state index in [9.17, 15) is 13.2 Å². The van der Waals surface area contributed by atoms with Crippen molar-refractivity contribution in [2.24, 2.45) is 5.92 Å². The highest BCUT2D eigenvalue weighted by molar-refractivity contribution is 7.90. The second-order valence-electron chi connectivity index (χ2n) is 4.84. The second kappa shape index (κ2) is 6.31. The summed E-state index contributed by atoms with van der Waals surface area (Å²) in [6.45, 7) is 0.300. The normalized spacial score (nSPS) is 20.0. The number of hydrogen-bond donors (Lipinski definition) is 2. The first-order valence-electron chi connectivity index (χ1n) is 6.58. The number of para-hydroxylation sites is 2. The summed E-state index contributed by atoms with van der Waals surface area (Å²) in [5, 5.41) is 9.03. The fraction of sp³-hybridized carbons (Fsp3) is 0.462. The minimum absolute atomic E-state index is 0.0141. The van der Waals surface area contributed by atoms with Crippen molar-refractivity contribution in [3.05, 3.63) is 24.3 Å². The molecule has 0 bridgehead atoms. The number of piperidine rings is 1. The number of ether oxygens (including phenoxy) is 1. The number of methoxy groups -OCH3 is 1. The van der Waals surface area contributed by atoms with Gasteiger partial charge in [-0.3, -0.25) is 9.52 Å². The Labute approximate surface area is 123 Å². The zero-order valence-corrected chi connectivity index (χ0v) is 12.5. The van der Waals surface area contributed by atoms with Gasteiger partial charge in [0.1, 0.15) is 5.75 Å². The van der Waals surface area contributed by atoms with Gasteiger partial charge in [0, 0.05) is 13.1 Å². The number of benzene rings is 1. The topological polar surface area (TPSA) is 95.9 Å². The number of rotatable bonds is 5. The van der Waals surface area contributed by atoms with Gasteiger partial charge in [0.15, 0.2) is 0 Å². The van der Waals surface area contributed by atoms with Gasteiger partial charge in [0.05, 0.1) is 18.7 Å². The van der Waals surface area contributed by atoms with Crippen molar-refractivity contribution in [3.63, 3.8) is 0 Å². The van der Waals surface area contributed by atoms with E-state index in [2.05, 4.69) is 4.72 Å². The smallest absolute Gasteiger partial charge is 0.307 e. The molecule has 1 aliphatic heterocycles.